The number of hydrogen-bond donors (Lipinski definition) is 0. The Morgan fingerprint density at radius 3 is 2.52 bits per heavy atom. The number of aryl methyl sites for hydroxylation is 3. The Labute approximate surface area is 257 Å². The molecular weight excluding hydrogens is 534 g/mol. The van der Waals surface area contributed by atoms with E-state index in [1.165, 1.54) is 65.8 Å². The standard InChI is InChI=1S/C38H42ClN3/c1-5-32(28(4)37(7-3)35-13-11-12-30(21-35)27-42-18-9-8-10-19-42)16-17-36-22-34(33(6-2)23-38(36)39)15-14-29-20-31(24-40)26-41-25-29/h5-7,11-13,20-23,25-26H,1-2,8-10,14-19,27H2,3-4H3/b32-28+,37-7+. The minimum Gasteiger partial charge on any atom is -0.299 e. The first-order chi connectivity index (χ1) is 20.4. The van der Waals surface area contributed by atoms with Crippen LogP contribution in [0.5, 0.6) is 0 Å². The molecule has 1 fully saturated rings. The molecule has 0 amide bonds. The maximum Gasteiger partial charge on any atom is 0.101 e. The van der Waals surface area contributed by atoms with E-state index in [4.69, 9.17) is 11.6 Å². The van der Waals surface area contributed by atoms with E-state index in [1.54, 1.807) is 6.20 Å². The van der Waals surface area contributed by atoms with Crippen molar-refractivity contribution < 1.29 is 0 Å². The number of pyridine rings is 1. The first-order valence-electron chi connectivity index (χ1n) is 15.0. The summed E-state index contributed by atoms with van der Waals surface area (Å²) in [5.41, 5.74) is 11.4. The van der Waals surface area contributed by atoms with Crippen LogP contribution in [-0.4, -0.2) is 23.0 Å². The van der Waals surface area contributed by atoms with Gasteiger partial charge >= 0.3 is 0 Å². The van der Waals surface area contributed by atoms with Crippen LogP contribution >= 0.6 is 11.6 Å². The maximum atomic E-state index is 9.21. The van der Waals surface area contributed by atoms with E-state index in [2.05, 4.69) is 79.4 Å². The molecular formula is C38H42ClN3. The number of nitrogens with zero attached hydrogens (tertiary/aromatic N) is 3. The van der Waals surface area contributed by atoms with E-state index in [9.17, 15) is 5.26 Å². The summed E-state index contributed by atoms with van der Waals surface area (Å²) in [6.45, 7) is 15.9. The van der Waals surface area contributed by atoms with Crippen LogP contribution in [0.4, 0.5) is 0 Å². The number of piperidine rings is 1. The lowest BCUT2D eigenvalue weighted by atomic mass is 9.90. The molecule has 0 N–H and O–H groups in total. The average Bonchev–Trinajstić information content (AvgIpc) is 3.02. The molecule has 1 saturated heterocycles. The molecule has 0 spiro atoms. The van der Waals surface area contributed by atoms with E-state index in [1.807, 2.05) is 30.5 Å². The molecule has 0 atom stereocenters. The fourth-order valence-corrected chi connectivity index (χ4v) is 6.21. The van der Waals surface area contributed by atoms with Crippen LogP contribution in [0.3, 0.4) is 0 Å². The zero-order chi connectivity index (χ0) is 29.9. The fraction of sp³-hybridized carbons (Fsp3) is 0.316. The summed E-state index contributed by atoms with van der Waals surface area (Å²) in [7, 11) is 0. The second-order valence-corrected chi connectivity index (χ2v) is 11.5. The molecule has 0 aliphatic carbocycles. The Kier molecular flexibility index (Phi) is 11.5. The van der Waals surface area contributed by atoms with Gasteiger partial charge in [0.05, 0.1) is 5.56 Å². The third-order valence-corrected chi connectivity index (χ3v) is 8.66. The quantitative estimate of drug-likeness (QED) is 0.202. The zero-order valence-corrected chi connectivity index (χ0v) is 25.9. The third-order valence-electron chi connectivity index (χ3n) is 8.31. The SMILES string of the molecule is C=C/C(CCc1cc(CCc2cncc(C#N)c2)c(C=C)cc1Cl)=C(C)\C(=C/C)c1cccc(CN2CCCCC2)c1. The lowest BCUT2D eigenvalue weighted by molar-refractivity contribution is 0.221. The first kappa shape index (κ1) is 31.2. The Morgan fingerprint density at radius 2 is 1.81 bits per heavy atom. The van der Waals surface area contributed by atoms with Gasteiger partial charge in [-0.3, -0.25) is 9.88 Å². The number of benzene rings is 2. The van der Waals surface area contributed by atoms with E-state index in [0.717, 1.165) is 53.9 Å². The van der Waals surface area contributed by atoms with E-state index >= 15 is 0 Å². The zero-order valence-electron chi connectivity index (χ0n) is 25.1. The summed E-state index contributed by atoms with van der Waals surface area (Å²) in [5, 5.41) is 9.98. The number of halogens is 1. The predicted octanol–water partition coefficient (Wildman–Crippen LogP) is 9.56. The van der Waals surface area contributed by atoms with Gasteiger partial charge in [0.2, 0.25) is 0 Å². The Balaban J connectivity index is 1.51. The Bertz CT molecular complexity index is 1520. The normalized spacial score (nSPS) is 14.7. The minimum atomic E-state index is 0.585. The molecule has 0 radical (unpaired) electrons. The summed E-state index contributed by atoms with van der Waals surface area (Å²) < 4.78 is 0. The maximum absolute atomic E-state index is 9.21. The van der Waals surface area contributed by atoms with E-state index < -0.39 is 0 Å². The van der Waals surface area contributed by atoms with Gasteiger partial charge in [-0.2, -0.15) is 5.26 Å². The summed E-state index contributed by atoms with van der Waals surface area (Å²) >= 11 is 6.78. The van der Waals surface area contributed by atoms with Crippen molar-refractivity contribution >= 4 is 23.3 Å². The van der Waals surface area contributed by atoms with Gasteiger partial charge in [0.1, 0.15) is 6.07 Å². The third kappa shape index (κ3) is 8.19. The number of likely N-dealkylation sites (tertiary alicyclic amines) is 1. The van der Waals surface area contributed by atoms with Crippen LogP contribution in [0.15, 0.2) is 91.3 Å². The van der Waals surface area contributed by atoms with Gasteiger partial charge in [0, 0.05) is 24.0 Å². The van der Waals surface area contributed by atoms with Crippen LogP contribution in [0.1, 0.15) is 78.5 Å². The molecule has 2 aromatic carbocycles. The van der Waals surface area contributed by atoms with Crippen molar-refractivity contribution in [2.75, 3.05) is 13.1 Å². The summed E-state index contributed by atoms with van der Waals surface area (Å²) in [6, 6.07) is 17.3. The highest BCUT2D eigenvalue weighted by Gasteiger charge is 2.14. The first-order valence-corrected chi connectivity index (χ1v) is 15.4. The highest BCUT2D eigenvalue weighted by molar-refractivity contribution is 6.31. The Morgan fingerprint density at radius 1 is 1.00 bits per heavy atom. The smallest absolute Gasteiger partial charge is 0.101 e. The van der Waals surface area contributed by atoms with Crippen LogP contribution in [0.2, 0.25) is 5.02 Å². The van der Waals surface area contributed by atoms with Crippen molar-refractivity contribution in [3.63, 3.8) is 0 Å². The number of hydrogen-bond acceptors (Lipinski definition) is 3. The van der Waals surface area contributed by atoms with Crippen LogP contribution in [0.25, 0.3) is 11.6 Å². The molecule has 1 aliphatic heterocycles. The average molecular weight is 576 g/mol. The predicted molar refractivity (Wildman–Crippen MR) is 178 cm³/mol. The molecule has 3 nitrogen and oxygen atoms in total. The number of aromatic nitrogens is 1. The highest BCUT2D eigenvalue weighted by atomic mass is 35.5. The molecule has 0 bridgehead atoms. The van der Waals surface area contributed by atoms with Crippen molar-refractivity contribution in [1.29, 1.82) is 5.26 Å². The van der Waals surface area contributed by atoms with Crippen molar-refractivity contribution in [2.45, 2.75) is 65.3 Å². The number of allylic oxidation sites excluding steroid dienone is 5. The fourth-order valence-electron chi connectivity index (χ4n) is 5.94. The largest absolute Gasteiger partial charge is 0.299 e. The molecule has 1 aromatic heterocycles. The highest BCUT2D eigenvalue weighted by Crippen LogP contribution is 2.31. The van der Waals surface area contributed by atoms with Gasteiger partial charge in [-0.1, -0.05) is 73.7 Å². The second-order valence-electron chi connectivity index (χ2n) is 11.1. The van der Waals surface area contributed by atoms with Crippen LogP contribution in [0, 0.1) is 11.3 Å². The molecule has 3 aromatic rings. The van der Waals surface area contributed by atoms with Gasteiger partial charge in [-0.05, 0) is 134 Å². The molecule has 0 unspecified atom stereocenters. The van der Waals surface area contributed by atoms with Gasteiger partial charge < -0.3 is 0 Å². The van der Waals surface area contributed by atoms with E-state index in [0.29, 0.717) is 5.56 Å². The summed E-state index contributed by atoms with van der Waals surface area (Å²) in [6.07, 6.45) is 16.8. The van der Waals surface area contributed by atoms with Gasteiger partial charge in [-0.15, -0.1) is 0 Å². The monoisotopic (exact) mass is 575 g/mol. The number of rotatable bonds is 12. The van der Waals surface area contributed by atoms with Crippen molar-refractivity contribution in [1.82, 2.24) is 9.88 Å². The van der Waals surface area contributed by atoms with Gasteiger partial charge in [-0.25, -0.2) is 0 Å². The van der Waals surface area contributed by atoms with Crippen molar-refractivity contribution in [3.05, 3.63) is 135 Å². The topological polar surface area (TPSA) is 39.9 Å². The molecule has 4 heteroatoms. The van der Waals surface area contributed by atoms with Crippen molar-refractivity contribution in [2.24, 2.45) is 0 Å². The van der Waals surface area contributed by atoms with Crippen molar-refractivity contribution in [3.8, 4) is 6.07 Å². The molecule has 42 heavy (non-hydrogen) atoms. The number of nitriles is 1. The molecule has 4 rings (SSSR count). The lowest BCUT2D eigenvalue weighted by Crippen LogP contribution is -2.29. The van der Waals surface area contributed by atoms with Crippen LogP contribution in [-0.2, 0) is 25.8 Å². The molecule has 2 heterocycles. The summed E-state index contributed by atoms with van der Waals surface area (Å²) in [4.78, 5) is 6.78. The van der Waals surface area contributed by atoms with Crippen LogP contribution < -0.4 is 0 Å². The van der Waals surface area contributed by atoms with E-state index in [-0.39, 0.29) is 0 Å². The lowest BCUT2D eigenvalue weighted by Gasteiger charge is -2.26. The van der Waals surface area contributed by atoms with Gasteiger partial charge in [0.15, 0.2) is 0 Å². The minimum absolute atomic E-state index is 0.585. The molecule has 216 valence electrons. The molecule has 0 saturated carbocycles. The molecule has 1 aliphatic rings. The van der Waals surface area contributed by atoms with Gasteiger partial charge in [0.25, 0.3) is 0 Å². The Hall–Kier alpha value is -3.71. The summed E-state index contributed by atoms with van der Waals surface area (Å²) in [5.74, 6) is 0. The second kappa shape index (κ2) is 15.5.